The van der Waals surface area contributed by atoms with Crippen molar-refractivity contribution in [2.75, 3.05) is 13.2 Å². The highest BCUT2D eigenvalue weighted by atomic mass is 16.6. The predicted octanol–water partition coefficient (Wildman–Crippen LogP) is 8.03. The molecule has 0 N–H and O–H groups in total. The first kappa shape index (κ1) is 35.2. The molecule has 2 saturated heterocycles. The zero-order valence-corrected chi connectivity index (χ0v) is 30.2. The summed E-state index contributed by atoms with van der Waals surface area (Å²) in [7, 11) is 0. The van der Waals surface area contributed by atoms with Crippen LogP contribution in [0.2, 0.25) is 0 Å². The highest BCUT2D eigenvalue weighted by Crippen LogP contribution is 2.66. The van der Waals surface area contributed by atoms with Gasteiger partial charge in [0.05, 0.1) is 23.9 Å². The molecule has 8 heteroatoms. The molecule has 4 aromatic rings. The Morgan fingerprint density at radius 3 is 1.17 bits per heavy atom. The monoisotopic (exact) mass is 698 g/mol. The van der Waals surface area contributed by atoms with Crippen LogP contribution in [0.15, 0.2) is 121 Å². The SMILES string of the molecule is CC1(C)[C@@H](C(=O)N2C(=O)OC[C@@H]2Cc2ccccc2)[C@@H]1c1ccccc1.CC1(C)[C@H](C(=O)N2C(=O)OC[C@@H]2Cc2ccccc2)[C@H]1c1ccccc1. The van der Waals surface area contributed by atoms with E-state index in [1.54, 1.807) is 0 Å². The average Bonchev–Trinajstić information content (AvgIpc) is 3.76. The van der Waals surface area contributed by atoms with Gasteiger partial charge in [-0.15, -0.1) is 0 Å². The van der Waals surface area contributed by atoms with Crippen LogP contribution in [-0.4, -0.2) is 59.1 Å². The van der Waals surface area contributed by atoms with Gasteiger partial charge >= 0.3 is 12.2 Å². The van der Waals surface area contributed by atoms with Gasteiger partial charge in [-0.25, -0.2) is 19.4 Å². The number of ether oxygens (including phenoxy) is 2. The van der Waals surface area contributed by atoms with E-state index >= 15 is 0 Å². The number of benzene rings is 4. The number of nitrogens with zero attached hydrogens (tertiary/aromatic N) is 2. The van der Waals surface area contributed by atoms with Gasteiger partial charge < -0.3 is 9.47 Å². The topological polar surface area (TPSA) is 93.2 Å². The van der Waals surface area contributed by atoms with Crippen molar-refractivity contribution < 1.29 is 28.7 Å². The maximum atomic E-state index is 13.2. The Kier molecular flexibility index (Phi) is 9.51. The molecule has 4 fully saturated rings. The summed E-state index contributed by atoms with van der Waals surface area (Å²) in [5.74, 6) is -0.300. The summed E-state index contributed by atoms with van der Waals surface area (Å²) in [6, 6.07) is 39.5. The molecule has 0 aromatic heterocycles. The average molecular weight is 699 g/mol. The third kappa shape index (κ3) is 6.74. The van der Waals surface area contributed by atoms with Crippen LogP contribution in [0.25, 0.3) is 0 Å². The van der Waals surface area contributed by atoms with E-state index in [0.717, 1.165) is 22.3 Å². The van der Waals surface area contributed by atoms with Crippen LogP contribution in [0.1, 0.15) is 61.8 Å². The van der Waals surface area contributed by atoms with Crippen LogP contribution < -0.4 is 0 Å². The number of cyclic esters (lactones) is 2. The Morgan fingerprint density at radius 2 is 0.846 bits per heavy atom. The van der Waals surface area contributed by atoms with Crippen LogP contribution in [0, 0.1) is 22.7 Å². The van der Waals surface area contributed by atoms with Crippen molar-refractivity contribution in [3.8, 4) is 0 Å². The third-order valence-corrected chi connectivity index (χ3v) is 11.5. The summed E-state index contributed by atoms with van der Waals surface area (Å²) in [5, 5.41) is 0. The van der Waals surface area contributed by atoms with Crippen molar-refractivity contribution in [3.63, 3.8) is 0 Å². The smallest absolute Gasteiger partial charge is 0.416 e. The lowest BCUT2D eigenvalue weighted by atomic mass is 10.0. The number of amides is 4. The van der Waals surface area contributed by atoms with Crippen molar-refractivity contribution in [1.29, 1.82) is 0 Å². The molecular formula is C44H46N2O6. The number of hydrogen-bond acceptors (Lipinski definition) is 6. The minimum atomic E-state index is -0.509. The quantitative estimate of drug-likeness (QED) is 0.185. The molecule has 0 unspecified atom stereocenters. The molecule has 4 aromatic carbocycles. The van der Waals surface area contributed by atoms with Crippen molar-refractivity contribution in [3.05, 3.63) is 144 Å². The summed E-state index contributed by atoms with van der Waals surface area (Å²) in [6.07, 6.45) is 0.235. The standard InChI is InChI=1S/2C22H23NO3/c2*1-22(2)18(16-11-7-4-8-12-16)19(22)20(24)23-17(14-26-21(23)25)13-15-9-5-3-6-10-15/h2*3-12,17-19H,13-14H2,1-2H3/t17-,18+,19-;17-,18-,19+/m00/s1. The molecule has 268 valence electrons. The first-order chi connectivity index (χ1) is 25.0. The molecule has 2 aliphatic carbocycles. The van der Waals surface area contributed by atoms with Crippen molar-refractivity contribution in [1.82, 2.24) is 9.80 Å². The second-order valence-corrected chi connectivity index (χ2v) is 15.6. The molecule has 52 heavy (non-hydrogen) atoms. The molecule has 8 nitrogen and oxygen atoms in total. The molecule has 8 rings (SSSR count). The van der Waals surface area contributed by atoms with Gasteiger partial charge in [-0.3, -0.25) is 9.59 Å². The van der Waals surface area contributed by atoms with Crippen LogP contribution in [-0.2, 0) is 31.9 Å². The van der Waals surface area contributed by atoms with E-state index < -0.39 is 12.2 Å². The third-order valence-electron chi connectivity index (χ3n) is 11.5. The lowest BCUT2D eigenvalue weighted by Gasteiger charge is -2.20. The fraction of sp³-hybridized carbons (Fsp3) is 0.364. The molecular weight excluding hydrogens is 652 g/mol. The highest BCUT2D eigenvalue weighted by molar-refractivity contribution is 5.98. The Hall–Kier alpha value is -5.24. The second kappa shape index (κ2) is 14.1. The van der Waals surface area contributed by atoms with Gasteiger partial charge in [-0.1, -0.05) is 149 Å². The van der Waals surface area contributed by atoms with Crippen molar-refractivity contribution in [2.24, 2.45) is 22.7 Å². The lowest BCUT2D eigenvalue weighted by Crippen LogP contribution is -2.41. The molecule has 0 radical (unpaired) electrons. The molecule has 2 heterocycles. The number of rotatable bonds is 8. The summed E-state index contributed by atoms with van der Waals surface area (Å²) < 4.78 is 10.4. The molecule has 0 spiro atoms. The minimum absolute atomic E-state index is 0.104. The van der Waals surface area contributed by atoms with Crippen LogP contribution in [0.4, 0.5) is 9.59 Å². The van der Waals surface area contributed by atoms with Crippen LogP contribution >= 0.6 is 0 Å². The maximum absolute atomic E-state index is 13.2. The predicted molar refractivity (Wildman–Crippen MR) is 197 cm³/mol. The van der Waals surface area contributed by atoms with Crippen molar-refractivity contribution >= 4 is 24.0 Å². The molecule has 0 bridgehead atoms. The van der Waals surface area contributed by atoms with Gasteiger partial charge in [-0.2, -0.15) is 0 Å². The molecule has 6 atom stereocenters. The van der Waals surface area contributed by atoms with E-state index in [1.807, 2.05) is 97.1 Å². The van der Waals surface area contributed by atoms with Gasteiger partial charge in [0.25, 0.3) is 0 Å². The van der Waals surface area contributed by atoms with E-state index in [-0.39, 0.29) is 71.6 Å². The highest BCUT2D eigenvalue weighted by Gasteiger charge is 2.65. The summed E-state index contributed by atoms with van der Waals surface area (Å²) in [6.45, 7) is 8.93. The number of carbonyl (C=O) groups is 4. The Labute approximate surface area is 305 Å². The number of hydrogen-bond donors (Lipinski definition) is 0. The van der Waals surface area contributed by atoms with E-state index in [2.05, 4.69) is 52.0 Å². The van der Waals surface area contributed by atoms with Crippen LogP contribution in [0.3, 0.4) is 0 Å². The van der Waals surface area contributed by atoms with E-state index in [4.69, 9.17) is 9.47 Å². The summed E-state index contributed by atoms with van der Waals surface area (Å²) in [4.78, 5) is 53.8. The molecule has 4 aliphatic rings. The first-order valence-corrected chi connectivity index (χ1v) is 18.2. The van der Waals surface area contributed by atoms with Gasteiger partial charge in [0.2, 0.25) is 11.8 Å². The minimum Gasteiger partial charge on any atom is -0.447 e. The largest absolute Gasteiger partial charge is 0.447 e. The van der Waals surface area contributed by atoms with Crippen LogP contribution in [0.5, 0.6) is 0 Å². The van der Waals surface area contributed by atoms with E-state index in [1.165, 1.54) is 9.80 Å². The zero-order valence-electron chi connectivity index (χ0n) is 30.2. The lowest BCUT2D eigenvalue weighted by molar-refractivity contribution is -0.132. The van der Waals surface area contributed by atoms with Crippen molar-refractivity contribution in [2.45, 2.75) is 64.5 Å². The first-order valence-electron chi connectivity index (χ1n) is 18.2. The zero-order chi connectivity index (χ0) is 36.6. The normalized spacial score (nSPS) is 26.5. The molecule has 2 aliphatic heterocycles. The van der Waals surface area contributed by atoms with Gasteiger partial charge in [0.15, 0.2) is 0 Å². The van der Waals surface area contributed by atoms with E-state index in [0.29, 0.717) is 12.8 Å². The number of carbonyl (C=O) groups excluding carboxylic acids is 4. The molecule has 2 saturated carbocycles. The maximum Gasteiger partial charge on any atom is 0.416 e. The fourth-order valence-corrected chi connectivity index (χ4v) is 8.60. The Morgan fingerprint density at radius 1 is 0.538 bits per heavy atom. The Balaban J connectivity index is 0.000000162. The van der Waals surface area contributed by atoms with Gasteiger partial charge in [0.1, 0.15) is 13.2 Å². The summed E-state index contributed by atoms with van der Waals surface area (Å²) in [5.41, 5.74) is 4.20. The fourth-order valence-electron chi connectivity index (χ4n) is 8.60. The van der Waals surface area contributed by atoms with E-state index in [9.17, 15) is 19.2 Å². The molecule has 4 amide bonds. The number of imide groups is 2. The summed E-state index contributed by atoms with van der Waals surface area (Å²) >= 11 is 0. The Bertz CT molecular complexity index is 1770. The van der Waals surface area contributed by atoms with Gasteiger partial charge in [0, 0.05) is 11.8 Å². The second-order valence-electron chi connectivity index (χ2n) is 15.6. The van der Waals surface area contributed by atoms with Gasteiger partial charge in [-0.05, 0) is 45.9 Å².